The molecule has 21 heavy (non-hydrogen) atoms. The van der Waals surface area contributed by atoms with E-state index >= 15 is 0 Å². The van der Waals surface area contributed by atoms with Crippen LogP contribution in [0.1, 0.15) is 6.23 Å². The molecule has 3 heterocycles. The van der Waals surface area contributed by atoms with Gasteiger partial charge in [-0.3, -0.25) is 4.57 Å². The first-order chi connectivity index (χ1) is 10.1. The average Bonchev–Trinajstić information content (AvgIpc) is 3.01. The molecule has 1 saturated heterocycles. The zero-order valence-corrected chi connectivity index (χ0v) is 11.7. The predicted molar refractivity (Wildman–Crippen MR) is 71.8 cm³/mol. The fraction of sp³-hybridized carbons (Fsp3) is 0.545. The van der Waals surface area contributed by atoms with Crippen LogP contribution in [0.3, 0.4) is 0 Å². The van der Waals surface area contributed by atoms with Gasteiger partial charge in [0, 0.05) is 7.05 Å². The van der Waals surface area contributed by atoms with Gasteiger partial charge in [0.15, 0.2) is 29.4 Å². The molecule has 0 aromatic carbocycles. The van der Waals surface area contributed by atoms with Crippen LogP contribution < -0.4 is 5.32 Å². The lowest BCUT2D eigenvalue weighted by Crippen LogP contribution is -2.29. The molecule has 4 atom stereocenters. The summed E-state index contributed by atoms with van der Waals surface area (Å²) >= 11 is 5.84. The van der Waals surface area contributed by atoms with Crippen molar-refractivity contribution in [2.45, 2.75) is 24.6 Å². The highest BCUT2D eigenvalue weighted by Gasteiger charge is 2.45. The summed E-state index contributed by atoms with van der Waals surface area (Å²) in [6.45, 7) is -0.529. The Morgan fingerprint density at radius 3 is 2.90 bits per heavy atom. The Hall–Kier alpha value is -1.55. The number of nitrogens with zero attached hydrogens (tertiary/aromatic N) is 4. The summed E-state index contributed by atoms with van der Waals surface area (Å²) in [6.07, 6.45) is -3.91. The van der Waals surface area contributed by atoms with Crippen LogP contribution in [-0.4, -0.2) is 61.8 Å². The van der Waals surface area contributed by atoms with Crippen LogP contribution in [0.4, 0.5) is 10.2 Å². The van der Waals surface area contributed by atoms with Gasteiger partial charge < -0.3 is 20.3 Å². The van der Waals surface area contributed by atoms with Crippen molar-refractivity contribution < 1.29 is 19.3 Å². The molecule has 3 rings (SSSR count). The third kappa shape index (κ3) is 2.22. The number of fused-ring (bicyclic) bond motifs is 1. The van der Waals surface area contributed by atoms with Gasteiger partial charge in [-0.2, -0.15) is 9.97 Å². The lowest BCUT2D eigenvalue weighted by molar-refractivity contribution is -0.0495. The molecule has 0 amide bonds. The summed E-state index contributed by atoms with van der Waals surface area (Å²) in [6, 6.07) is 0. The number of imidazole rings is 1. The number of hydrogen-bond acceptors (Lipinski definition) is 7. The topological polar surface area (TPSA) is 105 Å². The van der Waals surface area contributed by atoms with Crippen molar-refractivity contribution in [1.29, 1.82) is 0 Å². The van der Waals surface area contributed by atoms with E-state index in [1.165, 1.54) is 10.9 Å². The zero-order chi connectivity index (χ0) is 15.1. The summed E-state index contributed by atoms with van der Waals surface area (Å²) in [5.74, 6) is 0.409. The number of halogens is 2. The highest BCUT2D eigenvalue weighted by atomic mass is 35.5. The molecule has 1 aliphatic rings. The Morgan fingerprint density at radius 2 is 2.29 bits per heavy atom. The highest BCUT2D eigenvalue weighted by molar-refractivity contribution is 6.28. The number of aromatic nitrogens is 4. The number of alkyl halides is 1. The Labute approximate surface area is 123 Å². The van der Waals surface area contributed by atoms with Gasteiger partial charge in [0.25, 0.3) is 0 Å². The maximum absolute atomic E-state index is 13.8. The minimum Gasteiger partial charge on any atom is -0.394 e. The van der Waals surface area contributed by atoms with Gasteiger partial charge in [0.05, 0.1) is 12.9 Å². The number of hydrogen-bond donors (Lipinski definition) is 3. The predicted octanol–water partition coefficient (Wildman–Crippen LogP) is 0.110. The molecule has 1 fully saturated rings. The molecule has 0 unspecified atom stereocenters. The third-order valence-corrected chi connectivity index (χ3v) is 3.54. The monoisotopic (exact) mass is 317 g/mol. The van der Waals surface area contributed by atoms with E-state index in [1.807, 2.05) is 0 Å². The normalized spacial score (nSPS) is 29.2. The molecular weight excluding hydrogens is 305 g/mol. The second-order valence-electron chi connectivity index (χ2n) is 4.60. The zero-order valence-electron chi connectivity index (χ0n) is 10.9. The molecule has 0 aliphatic carbocycles. The van der Waals surface area contributed by atoms with Gasteiger partial charge in [-0.25, -0.2) is 9.37 Å². The van der Waals surface area contributed by atoms with Crippen molar-refractivity contribution in [2.75, 3.05) is 19.0 Å². The molecule has 10 heteroatoms. The summed E-state index contributed by atoms with van der Waals surface area (Å²) in [5, 5.41) is 21.8. The van der Waals surface area contributed by atoms with Crippen LogP contribution >= 0.6 is 11.6 Å². The maximum Gasteiger partial charge on any atom is 0.226 e. The number of aliphatic hydroxyl groups is 2. The number of nitrogens with one attached hydrogen (secondary N) is 1. The van der Waals surface area contributed by atoms with E-state index in [1.54, 1.807) is 7.05 Å². The van der Waals surface area contributed by atoms with Crippen molar-refractivity contribution in [3.8, 4) is 0 Å². The Morgan fingerprint density at radius 1 is 1.52 bits per heavy atom. The van der Waals surface area contributed by atoms with Gasteiger partial charge in [-0.1, -0.05) is 0 Å². The number of anilines is 1. The minimum atomic E-state index is -1.70. The quantitative estimate of drug-likeness (QED) is 0.690. The molecular formula is C11H13ClFN5O3. The van der Waals surface area contributed by atoms with Gasteiger partial charge in [0.2, 0.25) is 5.28 Å². The fourth-order valence-corrected chi connectivity index (χ4v) is 2.50. The lowest BCUT2D eigenvalue weighted by Gasteiger charge is -2.16. The lowest BCUT2D eigenvalue weighted by atomic mass is 10.1. The van der Waals surface area contributed by atoms with Crippen LogP contribution in [0.15, 0.2) is 6.33 Å². The molecule has 0 bridgehead atoms. The van der Waals surface area contributed by atoms with E-state index in [2.05, 4.69) is 20.3 Å². The second-order valence-corrected chi connectivity index (χ2v) is 4.94. The van der Waals surface area contributed by atoms with Crippen molar-refractivity contribution >= 4 is 28.6 Å². The first-order valence-electron chi connectivity index (χ1n) is 6.23. The van der Waals surface area contributed by atoms with Crippen LogP contribution in [-0.2, 0) is 4.74 Å². The van der Waals surface area contributed by atoms with E-state index in [0.717, 1.165) is 0 Å². The molecule has 0 spiro atoms. The Bertz CT molecular complexity index is 669. The SMILES string of the molecule is CNc1nc(Cl)nc2c1ncn2[C@@H]1O[C@H](CO)[C@@H](F)[C@H]1O. The molecule has 8 nitrogen and oxygen atoms in total. The fourth-order valence-electron chi connectivity index (χ4n) is 2.34. The number of rotatable bonds is 3. The molecule has 2 aromatic rings. The van der Waals surface area contributed by atoms with Gasteiger partial charge in [0.1, 0.15) is 12.2 Å². The number of ether oxygens (including phenoxy) is 1. The van der Waals surface area contributed by atoms with Crippen LogP contribution in [0.25, 0.3) is 11.2 Å². The highest BCUT2D eigenvalue weighted by Crippen LogP contribution is 2.34. The molecule has 0 saturated carbocycles. The summed E-state index contributed by atoms with van der Waals surface area (Å²) in [4.78, 5) is 12.1. The Kier molecular flexibility index (Phi) is 3.66. The van der Waals surface area contributed by atoms with Crippen molar-refractivity contribution in [3.05, 3.63) is 11.6 Å². The number of aliphatic hydroxyl groups excluding tert-OH is 2. The molecule has 1 aliphatic heterocycles. The Balaban J connectivity index is 2.07. The molecule has 3 N–H and O–H groups in total. The van der Waals surface area contributed by atoms with Crippen LogP contribution in [0.2, 0.25) is 5.28 Å². The van der Waals surface area contributed by atoms with E-state index in [9.17, 15) is 9.50 Å². The smallest absolute Gasteiger partial charge is 0.226 e. The standard InChI is InChI=1S/C11H13ClFN5O3/c1-14-8-6-9(17-11(12)16-8)18(3-15-6)10-7(20)5(13)4(2-19)21-10/h3-5,7,10,19-20H,2H2,1H3,(H,14,16,17)/t4-,5-,7-,10-/m1/s1. The van der Waals surface area contributed by atoms with Gasteiger partial charge >= 0.3 is 0 Å². The molecule has 0 radical (unpaired) electrons. The van der Waals surface area contributed by atoms with E-state index < -0.39 is 31.2 Å². The van der Waals surface area contributed by atoms with E-state index in [0.29, 0.717) is 17.0 Å². The average molecular weight is 318 g/mol. The van der Waals surface area contributed by atoms with Crippen LogP contribution in [0, 0.1) is 0 Å². The summed E-state index contributed by atoms with van der Waals surface area (Å²) in [5.41, 5.74) is 0.717. The molecule has 2 aromatic heterocycles. The van der Waals surface area contributed by atoms with Crippen LogP contribution in [0.5, 0.6) is 0 Å². The summed E-state index contributed by atoms with van der Waals surface area (Å²) < 4.78 is 20.5. The third-order valence-electron chi connectivity index (χ3n) is 3.37. The second kappa shape index (κ2) is 5.34. The largest absolute Gasteiger partial charge is 0.394 e. The van der Waals surface area contributed by atoms with E-state index in [4.69, 9.17) is 21.4 Å². The van der Waals surface area contributed by atoms with E-state index in [-0.39, 0.29) is 5.28 Å². The maximum atomic E-state index is 13.8. The van der Waals surface area contributed by atoms with Gasteiger partial charge in [-0.05, 0) is 11.6 Å². The summed E-state index contributed by atoms with van der Waals surface area (Å²) in [7, 11) is 1.65. The van der Waals surface area contributed by atoms with Gasteiger partial charge in [-0.15, -0.1) is 0 Å². The van der Waals surface area contributed by atoms with Crippen molar-refractivity contribution in [1.82, 2.24) is 19.5 Å². The van der Waals surface area contributed by atoms with Crippen molar-refractivity contribution in [2.24, 2.45) is 0 Å². The minimum absolute atomic E-state index is 0.0170. The van der Waals surface area contributed by atoms with Crippen molar-refractivity contribution in [3.63, 3.8) is 0 Å². The first kappa shape index (κ1) is 14.4. The molecule has 114 valence electrons. The first-order valence-corrected chi connectivity index (χ1v) is 6.61.